The molecule has 0 aliphatic heterocycles. The van der Waals surface area contributed by atoms with Crippen LogP contribution in [0.3, 0.4) is 0 Å². The third-order valence-electron chi connectivity index (χ3n) is 4.37. The molecule has 0 atom stereocenters. The fraction of sp³-hybridized carbons (Fsp3) is 0.0952. The molecule has 128 valence electrons. The molecule has 4 aromatic rings. The fourth-order valence-corrected chi connectivity index (χ4v) is 3.05. The number of benzene rings is 2. The van der Waals surface area contributed by atoms with Crippen LogP contribution in [-0.2, 0) is 0 Å². The molecular weight excluding hydrogens is 326 g/mol. The Kier molecular flexibility index (Phi) is 3.77. The molecule has 0 aliphatic carbocycles. The molecule has 4 rings (SSSR count). The first kappa shape index (κ1) is 16.0. The van der Waals surface area contributed by atoms with Crippen LogP contribution < -0.4 is 10.1 Å². The molecule has 0 unspecified atom stereocenters. The molecule has 2 aromatic heterocycles. The van der Waals surface area contributed by atoms with E-state index in [4.69, 9.17) is 0 Å². The summed E-state index contributed by atoms with van der Waals surface area (Å²) in [6.45, 7) is 3.83. The van der Waals surface area contributed by atoms with Crippen molar-refractivity contribution < 1.29 is 9.67 Å². The van der Waals surface area contributed by atoms with E-state index in [1.165, 1.54) is 4.52 Å². The van der Waals surface area contributed by atoms with Gasteiger partial charge in [0.25, 0.3) is 0 Å². The summed E-state index contributed by atoms with van der Waals surface area (Å²) in [5.74, 6) is -0.101. The third kappa shape index (κ3) is 2.54. The minimum Gasteiger partial charge on any atom is -0.477 e. The second-order valence-corrected chi connectivity index (χ2v) is 6.29. The van der Waals surface area contributed by atoms with Crippen molar-refractivity contribution in [1.82, 2.24) is 9.61 Å². The van der Waals surface area contributed by atoms with Gasteiger partial charge in [0.2, 0.25) is 0 Å². The Labute approximate surface area is 150 Å². The molecule has 5 heteroatoms. The number of nitrogens with zero attached hydrogens (tertiary/aromatic N) is 3. The minimum atomic E-state index is -0.351. The average Bonchev–Trinajstić information content (AvgIpc) is 2.65. The van der Waals surface area contributed by atoms with Crippen LogP contribution in [0.15, 0.2) is 71.5 Å². The normalized spacial score (nSPS) is 11.0. The van der Waals surface area contributed by atoms with Gasteiger partial charge in [-0.3, -0.25) is 0 Å². The predicted molar refractivity (Wildman–Crippen MR) is 99.6 cm³/mol. The van der Waals surface area contributed by atoms with E-state index in [9.17, 15) is 9.90 Å². The van der Waals surface area contributed by atoms with E-state index in [-0.39, 0.29) is 17.0 Å². The number of aromatic nitrogens is 3. The Balaban J connectivity index is 2.17. The SMILES string of the molecule is Cc1ccc(-[n+]2c(O)c(-c3ccccc3)c(=O)n3nc(C)ccc32)cc1. The van der Waals surface area contributed by atoms with Gasteiger partial charge in [-0.2, -0.15) is 4.57 Å². The lowest BCUT2D eigenvalue weighted by Gasteiger charge is -2.09. The van der Waals surface area contributed by atoms with E-state index in [0.29, 0.717) is 11.2 Å². The van der Waals surface area contributed by atoms with Crippen LogP contribution in [0.5, 0.6) is 5.88 Å². The largest absolute Gasteiger partial charge is 0.477 e. The predicted octanol–water partition coefficient (Wildman–Crippen LogP) is 2.96. The Hall–Kier alpha value is -3.47. The summed E-state index contributed by atoms with van der Waals surface area (Å²) in [7, 11) is 0. The summed E-state index contributed by atoms with van der Waals surface area (Å²) in [6, 6.07) is 20.5. The Morgan fingerprint density at radius 1 is 0.923 bits per heavy atom. The fourth-order valence-electron chi connectivity index (χ4n) is 3.05. The van der Waals surface area contributed by atoms with Gasteiger partial charge in [-0.1, -0.05) is 57.6 Å². The molecule has 5 nitrogen and oxygen atoms in total. The van der Waals surface area contributed by atoms with Crippen LogP contribution in [0.25, 0.3) is 22.5 Å². The highest BCUT2D eigenvalue weighted by molar-refractivity contribution is 5.67. The topological polar surface area (TPSA) is 58.5 Å². The van der Waals surface area contributed by atoms with Crippen molar-refractivity contribution in [2.24, 2.45) is 0 Å². The first-order valence-electron chi connectivity index (χ1n) is 8.36. The third-order valence-corrected chi connectivity index (χ3v) is 4.37. The number of hydrogen-bond acceptors (Lipinski definition) is 3. The van der Waals surface area contributed by atoms with Crippen molar-refractivity contribution in [2.45, 2.75) is 13.8 Å². The molecule has 0 amide bonds. The first-order chi connectivity index (χ1) is 12.6. The number of fused-ring (bicyclic) bond motifs is 1. The molecule has 1 N–H and O–H groups in total. The second-order valence-electron chi connectivity index (χ2n) is 6.29. The van der Waals surface area contributed by atoms with Crippen molar-refractivity contribution in [3.05, 3.63) is 88.3 Å². The monoisotopic (exact) mass is 344 g/mol. The molecule has 0 radical (unpaired) electrons. The molecule has 2 heterocycles. The van der Waals surface area contributed by atoms with Gasteiger partial charge in [-0.05, 0) is 37.6 Å². The van der Waals surface area contributed by atoms with Crippen LogP contribution in [0.1, 0.15) is 11.3 Å². The number of aryl methyl sites for hydroxylation is 2. The summed E-state index contributed by atoms with van der Waals surface area (Å²) >= 11 is 0. The molecular formula is C21H18N3O2+. The Bertz CT molecular complexity index is 1160. The van der Waals surface area contributed by atoms with E-state index < -0.39 is 0 Å². The molecule has 0 spiro atoms. The van der Waals surface area contributed by atoms with Crippen LogP contribution in [-0.4, -0.2) is 14.7 Å². The zero-order valence-corrected chi connectivity index (χ0v) is 14.5. The first-order valence-corrected chi connectivity index (χ1v) is 8.36. The van der Waals surface area contributed by atoms with E-state index >= 15 is 0 Å². The highest BCUT2D eigenvalue weighted by atomic mass is 16.3. The molecule has 0 bridgehead atoms. The average molecular weight is 344 g/mol. The summed E-state index contributed by atoms with van der Waals surface area (Å²) < 4.78 is 2.99. The zero-order chi connectivity index (χ0) is 18.3. The van der Waals surface area contributed by atoms with Gasteiger partial charge in [-0.15, -0.1) is 0 Å². The molecule has 26 heavy (non-hydrogen) atoms. The van der Waals surface area contributed by atoms with Gasteiger partial charge < -0.3 is 5.11 Å². The van der Waals surface area contributed by atoms with Crippen molar-refractivity contribution in [3.8, 4) is 22.7 Å². The smallest absolute Gasteiger partial charge is 0.375 e. The lowest BCUT2D eigenvalue weighted by Crippen LogP contribution is -2.39. The van der Waals surface area contributed by atoms with Gasteiger partial charge >= 0.3 is 17.1 Å². The highest BCUT2D eigenvalue weighted by Gasteiger charge is 2.27. The second kappa shape index (κ2) is 6.11. The maximum absolute atomic E-state index is 13.1. The number of aromatic hydroxyl groups is 1. The standard InChI is InChI=1S/C21H17N3O2/c1-14-8-11-17(12-9-14)23-18-13-10-15(2)22-24(18)21(26)19(20(23)25)16-6-4-3-5-7-16/h3-13H,1-2H3/p+1. The van der Waals surface area contributed by atoms with Gasteiger partial charge in [-0.25, -0.2) is 4.79 Å². The van der Waals surface area contributed by atoms with Gasteiger partial charge in [0.1, 0.15) is 5.69 Å². The lowest BCUT2D eigenvalue weighted by atomic mass is 10.1. The van der Waals surface area contributed by atoms with E-state index in [2.05, 4.69) is 5.10 Å². The zero-order valence-electron chi connectivity index (χ0n) is 14.5. The van der Waals surface area contributed by atoms with E-state index in [0.717, 1.165) is 16.9 Å². The van der Waals surface area contributed by atoms with Crippen molar-refractivity contribution in [1.29, 1.82) is 0 Å². The summed E-state index contributed by atoms with van der Waals surface area (Å²) in [6.07, 6.45) is 0. The van der Waals surface area contributed by atoms with Gasteiger partial charge in [0.05, 0.1) is 5.69 Å². The highest BCUT2D eigenvalue weighted by Crippen LogP contribution is 2.24. The molecule has 0 saturated heterocycles. The van der Waals surface area contributed by atoms with Crippen molar-refractivity contribution in [3.63, 3.8) is 0 Å². The Morgan fingerprint density at radius 3 is 2.31 bits per heavy atom. The number of hydrogen-bond donors (Lipinski definition) is 1. The Morgan fingerprint density at radius 2 is 1.62 bits per heavy atom. The maximum atomic E-state index is 13.1. The molecule has 2 aromatic carbocycles. The van der Waals surface area contributed by atoms with Gasteiger partial charge in [0.15, 0.2) is 5.56 Å². The lowest BCUT2D eigenvalue weighted by molar-refractivity contribution is -0.580. The van der Waals surface area contributed by atoms with Crippen molar-refractivity contribution >= 4 is 5.65 Å². The van der Waals surface area contributed by atoms with Crippen LogP contribution in [0.4, 0.5) is 0 Å². The van der Waals surface area contributed by atoms with Crippen molar-refractivity contribution in [2.75, 3.05) is 0 Å². The quantitative estimate of drug-likeness (QED) is 0.569. The van der Waals surface area contributed by atoms with E-state index in [1.807, 2.05) is 62.4 Å². The van der Waals surface area contributed by atoms with E-state index in [1.54, 1.807) is 22.8 Å². The van der Waals surface area contributed by atoms with Gasteiger partial charge in [0, 0.05) is 6.07 Å². The molecule has 0 fully saturated rings. The summed E-state index contributed by atoms with van der Waals surface area (Å²) in [5.41, 5.74) is 3.62. The van der Waals surface area contributed by atoms with Crippen LogP contribution in [0, 0.1) is 13.8 Å². The van der Waals surface area contributed by atoms with Crippen LogP contribution in [0.2, 0.25) is 0 Å². The minimum absolute atomic E-state index is 0.101. The number of rotatable bonds is 2. The molecule has 0 aliphatic rings. The molecule has 0 saturated carbocycles. The maximum Gasteiger partial charge on any atom is 0.375 e. The van der Waals surface area contributed by atoms with Crippen LogP contribution >= 0.6 is 0 Å². The summed E-state index contributed by atoms with van der Waals surface area (Å²) in [5, 5.41) is 15.4. The summed E-state index contributed by atoms with van der Waals surface area (Å²) in [4.78, 5) is 13.1.